The summed E-state index contributed by atoms with van der Waals surface area (Å²) in [5.74, 6) is -0.391. The van der Waals surface area contributed by atoms with E-state index in [1.54, 1.807) is 24.3 Å². The van der Waals surface area contributed by atoms with Crippen LogP contribution < -0.4 is 19.6 Å². The molecule has 2 aromatic carbocycles. The van der Waals surface area contributed by atoms with Crippen molar-refractivity contribution < 1.29 is 68.6 Å². The highest BCUT2D eigenvalue weighted by atomic mass is 16.7. The summed E-state index contributed by atoms with van der Waals surface area (Å²) < 4.78 is 38.7. The fraction of sp³-hybridized carbons (Fsp3) is 0.483. The minimum absolute atomic E-state index is 0.0966. The fourth-order valence-corrected chi connectivity index (χ4v) is 5.06. The van der Waals surface area contributed by atoms with Crippen LogP contribution in [-0.2, 0) is 14.2 Å². The molecule has 7 N–H and O–H groups in total. The van der Waals surface area contributed by atoms with Gasteiger partial charge in [-0.2, -0.15) is 0 Å². The van der Waals surface area contributed by atoms with E-state index in [9.17, 15) is 40.5 Å². The van der Waals surface area contributed by atoms with Gasteiger partial charge in [-0.15, -0.1) is 0 Å². The van der Waals surface area contributed by atoms with E-state index >= 15 is 0 Å². The molecule has 15 nitrogen and oxygen atoms in total. The Morgan fingerprint density at radius 1 is 0.795 bits per heavy atom. The molecule has 5 rings (SSSR count). The van der Waals surface area contributed by atoms with Crippen molar-refractivity contribution in [2.24, 2.45) is 0 Å². The Balaban J connectivity index is 1.41. The van der Waals surface area contributed by atoms with Crippen LogP contribution in [0.1, 0.15) is 6.92 Å². The normalized spacial score (nSPS) is 32.4. The summed E-state index contributed by atoms with van der Waals surface area (Å²) >= 11 is 0. The number of hydrogen-bond acceptors (Lipinski definition) is 15. The zero-order valence-electron chi connectivity index (χ0n) is 23.8. The molecule has 0 spiro atoms. The Hall–Kier alpha value is -3.51. The van der Waals surface area contributed by atoms with Crippen molar-refractivity contribution in [3.63, 3.8) is 0 Å². The highest BCUT2D eigenvalue weighted by molar-refractivity contribution is 5.89. The predicted octanol–water partition coefficient (Wildman–Crippen LogP) is -0.787. The van der Waals surface area contributed by atoms with Crippen LogP contribution >= 0.6 is 0 Å². The predicted molar refractivity (Wildman–Crippen MR) is 148 cm³/mol. The fourth-order valence-electron chi connectivity index (χ4n) is 5.06. The Bertz CT molecular complexity index is 1510. The van der Waals surface area contributed by atoms with Crippen LogP contribution in [-0.4, -0.2) is 118 Å². The first kappa shape index (κ1) is 31.9. The lowest BCUT2D eigenvalue weighted by Gasteiger charge is -2.42. The minimum Gasteiger partial charge on any atom is -0.504 e. The lowest BCUT2D eigenvalue weighted by atomic mass is 9.98. The number of ether oxygens (including phenoxy) is 6. The van der Waals surface area contributed by atoms with Crippen LogP contribution in [0, 0.1) is 0 Å². The summed E-state index contributed by atoms with van der Waals surface area (Å²) in [6.45, 7) is 0.947. The van der Waals surface area contributed by atoms with Crippen molar-refractivity contribution in [3.05, 3.63) is 46.6 Å². The standard InChI is InChI=1S/C29H34O15/c1-11-20(31)23(34)25(36)28(41-11)40-10-18-21(32)24(35)26(37)29(44-18)43-17-9-16-19(22(33)27(17)39-3)14(30)8-15(42-16)12-4-6-13(38-2)7-5-12/h4-9,11,18,20-21,23-26,28-29,31-37H,10H2,1-3H3/t11-,18-,20+,21+,23+,24+,25+,26+,28+,29+/m1/s1. The van der Waals surface area contributed by atoms with E-state index in [-0.39, 0.29) is 28.2 Å². The summed E-state index contributed by atoms with van der Waals surface area (Å²) in [5, 5.41) is 72.6. The van der Waals surface area contributed by atoms with Gasteiger partial charge in [0, 0.05) is 17.7 Å². The maximum atomic E-state index is 13.0. The molecule has 0 saturated carbocycles. The monoisotopic (exact) mass is 622 g/mol. The zero-order chi connectivity index (χ0) is 31.9. The summed E-state index contributed by atoms with van der Waals surface area (Å²) in [6, 6.07) is 9.13. The highest BCUT2D eigenvalue weighted by Gasteiger charge is 2.47. The molecule has 0 unspecified atom stereocenters. The second-order valence-electron chi connectivity index (χ2n) is 10.5. The van der Waals surface area contributed by atoms with Crippen LogP contribution in [0.4, 0.5) is 0 Å². The number of methoxy groups -OCH3 is 2. The van der Waals surface area contributed by atoms with E-state index in [0.717, 1.165) is 0 Å². The van der Waals surface area contributed by atoms with Crippen LogP contribution in [0.25, 0.3) is 22.3 Å². The van der Waals surface area contributed by atoms with Crippen molar-refractivity contribution in [3.8, 4) is 34.3 Å². The van der Waals surface area contributed by atoms with Gasteiger partial charge < -0.3 is 68.6 Å². The Morgan fingerprint density at radius 2 is 1.45 bits per heavy atom. The number of phenols is 1. The number of phenolic OH excluding ortho intramolecular Hbond substituents is 1. The number of hydrogen-bond donors (Lipinski definition) is 7. The first-order chi connectivity index (χ1) is 20.9. The number of aliphatic hydroxyl groups excluding tert-OH is 6. The third kappa shape index (κ3) is 5.93. The molecule has 2 fully saturated rings. The maximum absolute atomic E-state index is 13.0. The lowest BCUT2D eigenvalue weighted by molar-refractivity contribution is -0.318. The van der Waals surface area contributed by atoms with Crippen molar-refractivity contribution in [1.82, 2.24) is 0 Å². The van der Waals surface area contributed by atoms with Gasteiger partial charge in [0.2, 0.25) is 12.0 Å². The largest absolute Gasteiger partial charge is 0.504 e. The van der Waals surface area contributed by atoms with Gasteiger partial charge in [-0.05, 0) is 31.2 Å². The van der Waals surface area contributed by atoms with Crippen LogP contribution in [0.15, 0.2) is 45.6 Å². The topological polar surface area (TPSA) is 227 Å². The molecule has 240 valence electrons. The SMILES string of the molecule is COc1ccc(-c2cc(=O)c3c(O)c(OC)c(O[C@H]4O[C@H](CO[C@H]5O[C@H](C)[C@H](O)[C@H](O)[C@@H]5O)[C@H](O)[C@H](O)[C@@H]4O)cc3o2)cc1. The summed E-state index contributed by atoms with van der Waals surface area (Å²) in [7, 11) is 2.72. The third-order valence-corrected chi connectivity index (χ3v) is 7.64. The van der Waals surface area contributed by atoms with Crippen LogP contribution in [0.2, 0.25) is 0 Å². The van der Waals surface area contributed by atoms with E-state index in [0.29, 0.717) is 11.3 Å². The first-order valence-corrected chi connectivity index (χ1v) is 13.6. The van der Waals surface area contributed by atoms with Crippen LogP contribution in [0.5, 0.6) is 23.0 Å². The molecule has 2 aliphatic rings. The lowest BCUT2D eigenvalue weighted by Crippen LogP contribution is -2.61. The van der Waals surface area contributed by atoms with Crippen molar-refractivity contribution in [2.75, 3.05) is 20.8 Å². The highest BCUT2D eigenvalue weighted by Crippen LogP contribution is 2.43. The Morgan fingerprint density at radius 3 is 2.11 bits per heavy atom. The van der Waals surface area contributed by atoms with Gasteiger partial charge in [0.25, 0.3) is 0 Å². The minimum atomic E-state index is -1.81. The van der Waals surface area contributed by atoms with E-state index < -0.39 is 79.2 Å². The maximum Gasteiger partial charge on any atom is 0.229 e. The number of benzene rings is 2. The molecular formula is C29H34O15. The van der Waals surface area contributed by atoms with E-state index in [1.807, 2.05) is 0 Å². The summed E-state index contributed by atoms with van der Waals surface area (Å²) in [5.41, 5.74) is -0.138. The molecule has 0 bridgehead atoms. The average molecular weight is 623 g/mol. The van der Waals surface area contributed by atoms with Gasteiger partial charge in [-0.3, -0.25) is 4.79 Å². The first-order valence-electron chi connectivity index (χ1n) is 13.6. The summed E-state index contributed by atoms with van der Waals surface area (Å²) in [6.07, 6.45) is -15.2. The molecule has 3 aromatic rings. The summed E-state index contributed by atoms with van der Waals surface area (Å²) in [4.78, 5) is 13.0. The quantitative estimate of drug-likeness (QED) is 0.163. The van der Waals surface area contributed by atoms with Gasteiger partial charge in [0.05, 0.1) is 26.9 Å². The molecule has 10 atom stereocenters. The molecule has 2 saturated heterocycles. The van der Waals surface area contributed by atoms with Crippen molar-refractivity contribution in [1.29, 1.82) is 0 Å². The molecule has 2 aliphatic heterocycles. The van der Waals surface area contributed by atoms with Crippen LogP contribution in [0.3, 0.4) is 0 Å². The molecule has 0 radical (unpaired) electrons. The van der Waals surface area contributed by atoms with Gasteiger partial charge >= 0.3 is 0 Å². The van der Waals surface area contributed by atoms with Gasteiger partial charge in [-0.25, -0.2) is 0 Å². The molecule has 3 heterocycles. The number of aliphatic hydroxyl groups is 6. The van der Waals surface area contributed by atoms with E-state index in [1.165, 1.54) is 33.3 Å². The third-order valence-electron chi connectivity index (χ3n) is 7.64. The van der Waals surface area contributed by atoms with Crippen molar-refractivity contribution in [2.45, 2.75) is 68.3 Å². The molecule has 0 aliphatic carbocycles. The van der Waals surface area contributed by atoms with Gasteiger partial charge in [-0.1, -0.05) is 0 Å². The molecular weight excluding hydrogens is 588 g/mol. The average Bonchev–Trinajstić information content (AvgIpc) is 3.01. The smallest absolute Gasteiger partial charge is 0.229 e. The number of rotatable bonds is 8. The Labute approximate surface area is 249 Å². The van der Waals surface area contributed by atoms with E-state index in [2.05, 4.69) is 0 Å². The second kappa shape index (κ2) is 12.8. The second-order valence-corrected chi connectivity index (χ2v) is 10.5. The van der Waals surface area contributed by atoms with E-state index in [4.69, 9.17) is 32.8 Å². The number of aromatic hydroxyl groups is 1. The Kier molecular flexibility index (Phi) is 9.31. The van der Waals surface area contributed by atoms with Crippen molar-refractivity contribution >= 4 is 11.0 Å². The molecule has 44 heavy (non-hydrogen) atoms. The van der Waals surface area contributed by atoms with Gasteiger partial charge in [0.1, 0.15) is 65.2 Å². The zero-order valence-corrected chi connectivity index (χ0v) is 23.8. The van der Waals surface area contributed by atoms with Gasteiger partial charge in [0.15, 0.2) is 23.2 Å². The molecule has 15 heteroatoms. The molecule has 1 aromatic heterocycles. The molecule has 0 amide bonds. The number of fused-ring (bicyclic) bond motifs is 1.